The predicted octanol–water partition coefficient (Wildman–Crippen LogP) is 3.86. The molecule has 29 heavy (non-hydrogen) atoms. The molecule has 0 aliphatic carbocycles. The van der Waals surface area contributed by atoms with Crippen LogP contribution in [0.15, 0.2) is 42.5 Å². The topological polar surface area (TPSA) is 57.7 Å². The second-order valence-corrected chi connectivity index (χ2v) is 8.11. The fourth-order valence-electron chi connectivity index (χ4n) is 3.34. The highest BCUT2D eigenvalue weighted by atomic mass is 35.5. The Labute approximate surface area is 177 Å². The molecule has 1 heterocycles. The van der Waals surface area contributed by atoms with Gasteiger partial charge in [-0.1, -0.05) is 29.8 Å². The largest absolute Gasteiger partial charge is 0.339 e. The molecule has 152 valence electrons. The first-order valence-corrected chi connectivity index (χ1v) is 10.8. The van der Waals surface area contributed by atoms with E-state index < -0.39 is 29.6 Å². The van der Waals surface area contributed by atoms with Crippen molar-refractivity contribution < 1.29 is 18.8 Å². The lowest BCUT2D eigenvalue weighted by Gasteiger charge is -2.29. The Morgan fingerprint density at radius 2 is 1.76 bits per heavy atom. The number of nitrogens with zero attached hydrogens (tertiary/aromatic N) is 2. The standard InChI is InChI=1S/C21H20ClFN2O3S/c1-24(12-15-16(22)8-5-9-17(15)23)21(28)18(10-11-29-2)25-19(26)13-6-3-4-7-14(13)20(25)27/h3-9,18H,10-12H2,1-2H3. The van der Waals surface area contributed by atoms with Crippen molar-refractivity contribution in [3.05, 3.63) is 70.0 Å². The molecule has 3 rings (SSSR count). The number of amides is 3. The molecular formula is C21H20ClFN2O3S. The number of fused-ring (bicyclic) bond motifs is 1. The number of thioether (sulfide) groups is 1. The lowest BCUT2D eigenvalue weighted by atomic mass is 10.1. The lowest BCUT2D eigenvalue weighted by Crippen LogP contribution is -2.50. The molecule has 0 aromatic heterocycles. The van der Waals surface area contributed by atoms with Crippen LogP contribution in [0.5, 0.6) is 0 Å². The highest BCUT2D eigenvalue weighted by Crippen LogP contribution is 2.28. The first kappa shape index (κ1) is 21.3. The monoisotopic (exact) mass is 434 g/mol. The van der Waals surface area contributed by atoms with Gasteiger partial charge in [-0.25, -0.2) is 4.39 Å². The van der Waals surface area contributed by atoms with Crippen molar-refractivity contribution in [3.63, 3.8) is 0 Å². The second kappa shape index (κ2) is 8.97. The van der Waals surface area contributed by atoms with Gasteiger partial charge < -0.3 is 4.90 Å². The van der Waals surface area contributed by atoms with E-state index in [0.29, 0.717) is 23.3 Å². The molecule has 2 aromatic rings. The van der Waals surface area contributed by atoms with Gasteiger partial charge in [0.05, 0.1) is 11.1 Å². The molecule has 0 saturated heterocycles. The summed E-state index contributed by atoms with van der Waals surface area (Å²) in [5.74, 6) is -1.34. The van der Waals surface area contributed by atoms with Crippen molar-refractivity contribution in [2.75, 3.05) is 19.1 Å². The third-order valence-electron chi connectivity index (χ3n) is 4.85. The van der Waals surface area contributed by atoms with Gasteiger partial charge in [-0.2, -0.15) is 11.8 Å². The maximum absolute atomic E-state index is 14.1. The van der Waals surface area contributed by atoms with Gasteiger partial charge in [0.2, 0.25) is 5.91 Å². The number of halogens is 2. The Balaban J connectivity index is 1.88. The minimum atomic E-state index is -0.967. The maximum Gasteiger partial charge on any atom is 0.262 e. The zero-order valence-electron chi connectivity index (χ0n) is 16.0. The van der Waals surface area contributed by atoms with Crippen LogP contribution < -0.4 is 0 Å². The summed E-state index contributed by atoms with van der Waals surface area (Å²) in [5, 5.41) is 0.214. The summed E-state index contributed by atoms with van der Waals surface area (Å²) in [6.45, 7) is -0.0662. The van der Waals surface area contributed by atoms with Crippen LogP contribution in [-0.2, 0) is 11.3 Å². The number of likely N-dealkylation sites (N-methyl/N-ethyl adjacent to an activating group) is 1. The van der Waals surface area contributed by atoms with Crippen molar-refractivity contribution in [1.82, 2.24) is 9.80 Å². The number of rotatable bonds is 7. The average Bonchev–Trinajstić information content (AvgIpc) is 2.96. The summed E-state index contributed by atoms with van der Waals surface area (Å²) in [5.41, 5.74) is 0.773. The van der Waals surface area contributed by atoms with Crippen LogP contribution in [0.25, 0.3) is 0 Å². The molecule has 0 spiro atoms. The molecule has 0 fully saturated rings. The zero-order valence-corrected chi connectivity index (χ0v) is 17.6. The number of benzene rings is 2. The first-order valence-electron chi connectivity index (χ1n) is 9.00. The Hall–Kier alpha value is -2.38. The van der Waals surface area contributed by atoms with E-state index in [9.17, 15) is 18.8 Å². The van der Waals surface area contributed by atoms with Crippen LogP contribution >= 0.6 is 23.4 Å². The number of carbonyl (C=O) groups is 3. The van der Waals surface area contributed by atoms with E-state index in [4.69, 9.17) is 11.6 Å². The molecule has 0 saturated carbocycles. The fourth-order valence-corrected chi connectivity index (χ4v) is 4.02. The van der Waals surface area contributed by atoms with Crippen LogP contribution in [0, 0.1) is 5.82 Å². The molecule has 0 N–H and O–H groups in total. The van der Waals surface area contributed by atoms with E-state index in [1.807, 2.05) is 6.26 Å². The normalized spacial score (nSPS) is 14.1. The molecule has 1 aliphatic rings. The van der Waals surface area contributed by atoms with Crippen LogP contribution in [0.2, 0.25) is 5.02 Å². The Morgan fingerprint density at radius 1 is 1.14 bits per heavy atom. The number of imide groups is 1. The van der Waals surface area contributed by atoms with E-state index >= 15 is 0 Å². The molecule has 8 heteroatoms. The van der Waals surface area contributed by atoms with Gasteiger partial charge in [-0.15, -0.1) is 0 Å². The third-order valence-corrected chi connectivity index (χ3v) is 5.85. The van der Waals surface area contributed by atoms with E-state index in [2.05, 4.69) is 0 Å². The Bertz CT molecular complexity index is 913. The molecule has 5 nitrogen and oxygen atoms in total. The maximum atomic E-state index is 14.1. The second-order valence-electron chi connectivity index (χ2n) is 6.72. The minimum absolute atomic E-state index is 0.0662. The Kier molecular flexibility index (Phi) is 6.59. The summed E-state index contributed by atoms with van der Waals surface area (Å²) in [4.78, 5) is 41.2. The fraction of sp³-hybridized carbons (Fsp3) is 0.286. The smallest absolute Gasteiger partial charge is 0.262 e. The number of hydrogen-bond donors (Lipinski definition) is 0. The van der Waals surface area contributed by atoms with Crippen LogP contribution in [0.4, 0.5) is 4.39 Å². The molecule has 0 bridgehead atoms. The van der Waals surface area contributed by atoms with Gasteiger partial charge >= 0.3 is 0 Å². The average molecular weight is 435 g/mol. The summed E-state index contributed by atoms with van der Waals surface area (Å²) < 4.78 is 14.1. The van der Waals surface area contributed by atoms with E-state index in [-0.39, 0.29) is 17.1 Å². The number of hydrogen-bond acceptors (Lipinski definition) is 4. The van der Waals surface area contributed by atoms with Gasteiger partial charge in [0.15, 0.2) is 0 Å². The van der Waals surface area contributed by atoms with E-state index in [1.165, 1.54) is 35.8 Å². The highest BCUT2D eigenvalue weighted by molar-refractivity contribution is 7.98. The van der Waals surface area contributed by atoms with Gasteiger partial charge in [0.25, 0.3) is 11.8 Å². The first-order chi connectivity index (χ1) is 13.9. The van der Waals surface area contributed by atoms with Gasteiger partial charge in [0.1, 0.15) is 11.9 Å². The minimum Gasteiger partial charge on any atom is -0.339 e. The molecular weight excluding hydrogens is 415 g/mol. The van der Waals surface area contributed by atoms with E-state index in [1.54, 1.807) is 30.3 Å². The van der Waals surface area contributed by atoms with Gasteiger partial charge in [-0.05, 0) is 42.7 Å². The van der Waals surface area contributed by atoms with Crippen molar-refractivity contribution >= 4 is 41.1 Å². The SMILES string of the molecule is CSCCC(C(=O)N(C)Cc1c(F)cccc1Cl)N1C(=O)c2ccccc2C1=O. The summed E-state index contributed by atoms with van der Waals surface area (Å²) in [7, 11) is 1.51. The third kappa shape index (κ3) is 4.16. The van der Waals surface area contributed by atoms with Gasteiger partial charge in [-0.3, -0.25) is 19.3 Å². The molecule has 3 amide bonds. The van der Waals surface area contributed by atoms with Gasteiger partial charge in [0, 0.05) is 24.2 Å². The predicted molar refractivity (Wildman–Crippen MR) is 112 cm³/mol. The van der Waals surface area contributed by atoms with Crippen molar-refractivity contribution in [2.45, 2.75) is 19.0 Å². The quantitative estimate of drug-likeness (QED) is 0.621. The summed E-state index contributed by atoms with van der Waals surface area (Å²) in [6.07, 6.45) is 2.19. The molecule has 1 atom stereocenters. The van der Waals surface area contributed by atoms with Crippen LogP contribution in [0.3, 0.4) is 0 Å². The van der Waals surface area contributed by atoms with E-state index in [0.717, 1.165) is 4.90 Å². The molecule has 0 radical (unpaired) electrons. The Morgan fingerprint density at radius 3 is 2.31 bits per heavy atom. The zero-order chi connectivity index (χ0) is 21.1. The molecule has 2 aromatic carbocycles. The van der Waals surface area contributed by atoms with Crippen LogP contribution in [0.1, 0.15) is 32.7 Å². The lowest BCUT2D eigenvalue weighted by molar-refractivity contribution is -0.134. The van der Waals surface area contributed by atoms with Crippen LogP contribution in [-0.4, -0.2) is 52.6 Å². The highest BCUT2D eigenvalue weighted by Gasteiger charge is 2.43. The molecule has 1 unspecified atom stereocenters. The van der Waals surface area contributed by atoms with Crippen molar-refractivity contribution in [1.29, 1.82) is 0 Å². The van der Waals surface area contributed by atoms with Crippen molar-refractivity contribution in [3.8, 4) is 0 Å². The summed E-state index contributed by atoms with van der Waals surface area (Å²) >= 11 is 7.59. The molecule has 1 aliphatic heterocycles. The summed E-state index contributed by atoms with van der Waals surface area (Å²) in [6, 6.07) is 9.86. The van der Waals surface area contributed by atoms with Crippen molar-refractivity contribution in [2.24, 2.45) is 0 Å². The number of carbonyl (C=O) groups excluding carboxylic acids is 3.